The minimum atomic E-state index is -4.53. The van der Waals surface area contributed by atoms with E-state index in [1.807, 2.05) is 48.5 Å². The summed E-state index contributed by atoms with van der Waals surface area (Å²) in [5.74, 6) is -0.652. The van der Waals surface area contributed by atoms with Crippen molar-refractivity contribution in [3.8, 4) is 5.75 Å². The highest BCUT2D eigenvalue weighted by molar-refractivity contribution is 7.92. The van der Waals surface area contributed by atoms with Crippen molar-refractivity contribution >= 4 is 66.7 Å². The smallest absolute Gasteiger partial charge is 0.273 e. The molecule has 12 heteroatoms. The zero-order chi connectivity index (χ0) is 30.7. The van der Waals surface area contributed by atoms with E-state index in [1.165, 1.54) is 50.6 Å². The lowest BCUT2D eigenvalue weighted by Crippen LogP contribution is -2.39. The molecule has 43 heavy (non-hydrogen) atoms. The summed E-state index contributed by atoms with van der Waals surface area (Å²) < 4.78 is 34.0. The first-order valence-electron chi connectivity index (χ1n) is 12.9. The summed E-state index contributed by atoms with van der Waals surface area (Å²) in [4.78, 5) is 23.7. The number of carbonyl (C=O) groups is 1. The number of aryl methyl sites for hydroxylation is 1. The van der Waals surface area contributed by atoms with Crippen molar-refractivity contribution in [2.75, 3.05) is 18.0 Å². The Morgan fingerprint density at radius 3 is 2.28 bits per heavy atom. The normalized spacial score (nSPS) is 11.6. The van der Waals surface area contributed by atoms with Crippen molar-refractivity contribution in [3.63, 3.8) is 0 Å². The summed E-state index contributed by atoms with van der Waals surface area (Å²) >= 11 is 6.19. The zero-order valence-electron chi connectivity index (χ0n) is 23.0. The standard InChI is InChI=1S/C31H25ClN4O6S/c1-20-11-13-24(17-28(20)36(38)39)43(40,41)35(29-16-23(32)12-14-30(29)42-2)19-31(37)34-33-18-27-25-9-5-3-7-21(25)15-22-8-4-6-10-26(22)27/h3-18H,19H2,1-2H3,(H,34,37). The fraction of sp³-hybridized carbons (Fsp3) is 0.0968. The van der Waals surface area contributed by atoms with Crippen LogP contribution in [0.5, 0.6) is 5.75 Å². The van der Waals surface area contributed by atoms with Crippen LogP contribution in [0.3, 0.4) is 0 Å². The molecule has 218 valence electrons. The summed E-state index contributed by atoms with van der Waals surface area (Å²) in [5, 5.41) is 19.7. The Morgan fingerprint density at radius 1 is 1.00 bits per heavy atom. The molecule has 10 nitrogen and oxygen atoms in total. The summed E-state index contributed by atoms with van der Waals surface area (Å²) in [7, 11) is -3.19. The second-order valence-corrected chi connectivity index (χ2v) is 11.9. The number of carbonyl (C=O) groups excluding carboxylic acids is 1. The third-order valence-electron chi connectivity index (χ3n) is 6.86. The first kappa shape index (κ1) is 29.5. The molecule has 0 heterocycles. The third kappa shape index (κ3) is 5.99. The summed E-state index contributed by atoms with van der Waals surface area (Å²) in [5.41, 5.74) is 3.07. The number of hydrazone groups is 1. The van der Waals surface area contributed by atoms with Crippen LogP contribution in [0.1, 0.15) is 11.1 Å². The summed E-state index contributed by atoms with van der Waals surface area (Å²) in [6, 6.07) is 25.4. The quantitative estimate of drug-likeness (QED) is 0.0905. The number of fused-ring (bicyclic) bond motifs is 2. The molecule has 0 bridgehead atoms. The Bertz CT molecular complexity index is 1980. The molecule has 0 saturated carbocycles. The first-order valence-corrected chi connectivity index (χ1v) is 14.8. The van der Waals surface area contributed by atoms with E-state index in [0.717, 1.165) is 37.5 Å². The lowest BCUT2D eigenvalue weighted by atomic mass is 9.97. The number of benzene rings is 5. The Balaban J connectivity index is 1.51. The molecule has 0 aliphatic heterocycles. The van der Waals surface area contributed by atoms with Gasteiger partial charge in [-0.2, -0.15) is 5.10 Å². The lowest BCUT2D eigenvalue weighted by molar-refractivity contribution is -0.385. The Kier molecular flexibility index (Phi) is 8.29. The average Bonchev–Trinajstić information content (AvgIpc) is 2.99. The zero-order valence-corrected chi connectivity index (χ0v) is 24.6. The molecule has 0 saturated heterocycles. The molecule has 1 amide bonds. The Labute approximate surface area is 252 Å². The van der Waals surface area contributed by atoms with Crippen molar-refractivity contribution in [3.05, 3.63) is 117 Å². The lowest BCUT2D eigenvalue weighted by Gasteiger charge is -2.25. The van der Waals surface area contributed by atoms with Gasteiger partial charge in [-0.3, -0.25) is 19.2 Å². The van der Waals surface area contributed by atoms with Gasteiger partial charge in [-0.1, -0.05) is 66.2 Å². The van der Waals surface area contributed by atoms with Crippen molar-refractivity contribution in [1.29, 1.82) is 0 Å². The molecule has 0 radical (unpaired) electrons. The highest BCUT2D eigenvalue weighted by Gasteiger charge is 2.31. The molecule has 0 fully saturated rings. The number of ether oxygens (including phenoxy) is 1. The minimum Gasteiger partial charge on any atom is -0.495 e. The Hall–Kier alpha value is -5.00. The second-order valence-electron chi connectivity index (χ2n) is 9.56. The summed E-state index contributed by atoms with van der Waals surface area (Å²) in [6.07, 6.45) is 1.52. The van der Waals surface area contributed by atoms with Crippen LogP contribution in [0, 0.1) is 17.0 Å². The predicted molar refractivity (Wildman–Crippen MR) is 168 cm³/mol. The molecular weight excluding hydrogens is 592 g/mol. The van der Waals surface area contributed by atoms with Crippen LogP contribution in [0.25, 0.3) is 21.5 Å². The van der Waals surface area contributed by atoms with Crippen molar-refractivity contribution in [2.24, 2.45) is 5.10 Å². The first-order chi connectivity index (χ1) is 20.6. The molecule has 5 aromatic carbocycles. The predicted octanol–water partition coefficient (Wildman–Crippen LogP) is 6.22. The Morgan fingerprint density at radius 2 is 1.65 bits per heavy atom. The highest BCUT2D eigenvalue weighted by atomic mass is 35.5. The number of nitrogens with zero attached hydrogens (tertiary/aromatic N) is 3. The molecule has 0 aliphatic carbocycles. The van der Waals surface area contributed by atoms with E-state index in [-0.39, 0.29) is 32.6 Å². The molecule has 0 aliphatic rings. The third-order valence-corrected chi connectivity index (χ3v) is 8.85. The maximum Gasteiger partial charge on any atom is 0.273 e. The molecule has 5 rings (SSSR count). The van der Waals surface area contributed by atoms with Gasteiger partial charge in [-0.25, -0.2) is 13.8 Å². The molecule has 0 aromatic heterocycles. The number of sulfonamides is 1. The number of nitrogens with one attached hydrogen (secondary N) is 1. The van der Waals surface area contributed by atoms with Crippen LogP contribution in [0.2, 0.25) is 5.02 Å². The number of methoxy groups -OCH3 is 1. The van der Waals surface area contributed by atoms with Gasteiger partial charge in [-0.15, -0.1) is 0 Å². The van der Waals surface area contributed by atoms with Crippen LogP contribution in [-0.2, 0) is 14.8 Å². The van der Waals surface area contributed by atoms with Crippen LogP contribution in [0.15, 0.2) is 101 Å². The van der Waals surface area contributed by atoms with Crippen LogP contribution in [0.4, 0.5) is 11.4 Å². The van der Waals surface area contributed by atoms with Crippen molar-refractivity contribution in [2.45, 2.75) is 11.8 Å². The number of anilines is 1. The number of nitro groups is 1. The molecule has 0 atom stereocenters. The van der Waals surface area contributed by atoms with Crippen molar-refractivity contribution < 1.29 is 22.9 Å². The van der Waals surface area contributed by atoms with Crippen LogP contribution >= 0.6 is 11.6 Å². The number of rotatable bonds is 9. The molecule has 0 spiro atoms. The topological polar surface area (TPSA) is 131 Å². The largest absolute Gasteiger partial charge is 0.495 e. The van der Waals surface area contributed by atoms with Gasteiger partial charge in [0.1, 0.15) is 12.3 Å². The average molecular weight is 617 g/mol. The van der Waals surface area contributed by atoms with Gasteiger partial charge in [0.25, 0.3) is 21.6 Å². The number of nitro benzene ring substituents is 1. The maximum atomic E-state index is 13.9. The van der Waals surface area contributed by atoms with E-state index < -0.39 is 27.4 Å². The number of hydrogen-bond acceptors (Lipinski definition) is 7. The maximum absolute atomic E-state index is 13.9. The fourth-order valence-electron chi connectivity index (χ4n) is 4.75. The van der Waals surface area contributed by atoms with Gasteiger partial charge < -0.3 is 4.74 Å². The monoisotopic (exact) mass is 616 g/mol. The second kappa shape index (κ2) is 12.1. The molecule has 5 aromatic rings. The van der Waals surface area contributed by atoms with E-state index in [2.05, 4.69) is 16.6 Å². The van der Waals surface area contributed by atoms with E-state index in [0.29, 0.717) is 0 Å². The number of hydrogen-bond donors (Lipinski definition) is 1. The van der Waals surface area contributed by atoms with Gasteiger partial charge in [0.2, 0.25) is 0 Å². The highest BCUT2D eigenvalue weighted by Crippen LogP contribution is 2.36. The van der Waals surface area contributed by atoms with Crippen molar-refractivity contribution in [1.82, 2.24) is 5.43 Å². The fourth-order valence-corrected chi connectivity index (χ4v) is 6.36. The van der Waals surface area contributed by atoms with Gasteiger partial charge >= 0.3 is 0 Å². The molecule has 1 N–H and O–H groups in total. The summed E-state index contributed by atoms with van der Waals surface area (Å²) in [6.45, 7) is 0.769. The van der Waals surface area contributed by atoms with Gasteiger partial charge in [0, 0.05) is 22.2 Å². The van der Waals surface area contributed by atoms with Crippen LogP contribution < -0.4 is 14.5 Å². The van der Waals surface area contributed by atoms with Gasteiger partial charge in [0.15, 0.2) is 0 Å². The molecular formula is C31H25ClN4O6S. The number of halogens is 1. The number of amides is 1. The van der Waals surface area contributed by atoms with Gasteiger partial charge in [-0.05, 0) is 58.8 Å². The van der Waals surface area contributed by atoms with E-state index in [9.17, 15) is 23.3 Å². The SMILES string of the molecule is COc1ccc(Cl)cc1N(CC(=O)NN=Cc1c2ccccc2cc2ccccc12)S(=O)(=O)c1ccc(C)c([N+](=O)[O-])c1. The van der Waals surface area contributed by atoms with Crippen LogP contribution in [-0.4, -0.2) is 39.1 Å². The van der Waals surface area contributed by atoms with Gasteiger partial charge in [0.05, 0.1) is 28.8 Å². The molecule has 0 unspecified atom stereocenters. The van der Waals surface area contributed by atoms with E-state index >= 15 is 0 Å². The minimum absolute atomic E-state index is 0.0302. The van der Waals surface area contributed by atoms with E-state index in [1.54, 1.807) is 0 Å². The van der Waals surface area contributed by atoms with E-state index in [4.69, 9.17) is 16.3 Å².